The third kappa shape index (κ3) is 3.77. The van der Waals surface area contributed by atoms with E-state index < -0.39 is 29.6 Å². The maximum atomic E-state index is 14.3. The van der Waals surface area contributed by atoms with Crippen LogP contribution in [0.2, 0.25) is 5.02 Å². The van der Waals surface area contributed by atoms with E-state index in [1.807, 2.05) is 22.6 Å². The number of aromatic nitrogens is 3. The molecule has 0 spiro atoms. The molecule has 3 N–H and O–H groups in total. The fourth-order valence-corrected chi connectivity index (χ4v) is 3.39. The van der Waals surface area contributed by atoms with Crippen molar-refractivity contribution in [2.45, 2.75) is 12.6 Å². The molecule has 1 atom stereocenters. The van der Waals surface area contributed by atoms with Crippen molar-refractivity contribution < 1.29 is 14.6 Å². The molecule has 148 valence electrons. The van der Waals surface area contributed by atoms with Crippen LogP contribution in [0.5, 0.6) is 0 Å². The highest BCUT2D eigenvalue weighted by atomic mass is 127. The number of halogens is 3. The molecule has 0 bridgehead atoms. The lowest BCUT2D eigenvalue weighted by atomic mass is 10.2. The Hall–Kier alpha value is -2.02. The minimum absolute atomic E-state index is 0.0297. The lowest BCUT2D eigenvalue weighted by Gasteiger charge is -2.16. The number of hydrogen-bond acceptors (Lipinski definition) is 6. The molecule has 8 nitrogen and oxygen atoms in total. The van der Waals surface area contributed by atoms with Crippen molar-refractivity contribution in [3.63, 3.8) is 0 Å². The summed E-state index contributed by atoms with van der Waals surface area (Å²) in [6, 6.07) is 4.40. The Morgan fingerprint density at radius 3 is 2.71 bits per heavy atom. The average molecular weight is 521 g/mol. The summed E-state index contributed by atoms with van der Waals surface area (Å²) in [5, 5.41) is 21.0. The van der Waals surface area contributed by atoms with E-state index in [9.17, 15) is 19.1 Å². The first-order valence-corrected chi connectivity index (χ1v) is 9.49. The standard InChI is InChI=1S/C17H15ClFIN4O4/c1-23-15-12(16(27)24(7-21-15)5-9(26)6-25)14(13(18)17(23)28)22-11-3-2-8(20)4-10(11)19/h2-4,7,9,22,25-26H,5-6H2,1H3/t9-/m0/s1. The second-order valence-electron chi connectivity index (χ2n) is 6.04. The predicted octanol–water partition coefficient (Wildman–Crippen LogP) is 1.59. The number of rotatable bonds is 5. The number of aryl methyl sites for hydroxylation is 1. The largest absolute Gasteiger partial charge is 0.394 e. The zero-order valence-corrected chi connectivity index (χ0v) is 17.4. The number of benzene rings is 1. The summed E-state index contributed by atoms with van der Waals surface area (Å²) in [7, 11) is 1.41. The Morgan fingerprint density at radius 2 is 2.07 bits per heavy atom. The van der Waals surface area contributed by atoms with E-state index in [1.165, 1.54) is 19.2 Å². The van der Waals surface area contributed by atoms with Crippen molar-refractivity contribution in [2.75, 3.05) is 11.9 Å². The Labute approximate surface area is 176 Å². The van der Waals surface area contributed by atoms with E-state index in [-0.39, 0.29) is 34.0 Å². The Morgan fingerprint density at radius 1 is 1.36 bits per heavy atom. The zero-order chi connectivity index (χ0) is 20.6. The molecular formula is C17H15ClFIN4O4. The van der Waals surface area contributed by atoms with Crippen LogP contribution in [0, 0.1) is 9.39 Å². The second kappa shape index (κ2) is 8.15. The molecule has 0 saturated heterocycles. The van der Waals surface area contributed by atoms with Crippen molar-refractivity contribution in [3.05, 3.63) is 59.6 Å². The van der Waals surface area contributed by atoms with Crippen LogP contribution >= 0.6 is 34.2 Å². The van der Waals surface area contributed by atoms with E-state index in [4.69, 9.17) is 16.7 Å². The molecule has 2 heterocycles. The topological polar surface area (TPSA) is 109 Å². The van der Waals surface area contributed by atoms with Crippen LogP contribution in [0.1, 0.15) is 0 Å². The second-order valence-corrected chi connectivity index (χ2v) is 7.66. The van der Waals surface area contributed by atoms with Crippen LogP contribution in [0.25, 0.3) is 11.0 Å². The first-order valence-electron chi connectivity index (χ1n) is 8.03. The van der Waals surface area contributed by atoms with Gasteiger partial charge in [-0.3, -0.25) is 18.7 Å². The molecule has 11 heteroatoms. The molecule has 0 aliphatic heterocycles. The van der Waals surface area contributed by atoms with Crippen LogP contribution < -0.4 is 16.4 Å². The van der Waals surface area contributed by atoms with Crippen LogP contribution in [-0.2, 0) is 13.6 Å². The molecule has 1 aromatic carbocycles. The fourth-order valence-electron chi connectivity index (χ4n) is 2.67. The Kier molecular flexibility index (Phi) is 6.03. The Bertz CT molecular complexity index is 1180. The number of nitrogens with one attached hydrogen (secondary N) is 1. The van der Waals surface area contributed by atoms with Crippen molar-refractivity contribution in [3.8, 4) is 0 Å². The number of hydrogen-bond donors (Lipinski definition) is 3. The van der Waals surface area contributed by atoms with Crippen LogP contribution in [0.15, 0.2) is 34.1 Å². The molecule has 3 aromatic rings. The minimum Gasteiger partial charge on any atom is -0.394 e. The summed E-state index contributed by atoms with van der Waals surface area (Å²) < 4.78 is 17.2. The monoisotopic (exact) mass is 520 g/mol. The number of nitrogens with zero attached hydrogens (tertiary/aromatic N) is 3. The highest BCUT2D eigenvalue weighted by Crippen LogP contribution is 2.29. The van der Waals surface area contributed by atoms with Crippen LogP contribution in [-0.4, -0.2) is 37.0 Å². The molecule has 0 saturated carbocycles. The van der Waals surface area contributed by atoms with Crippen molar-refractivity contribution in [1.29, 1.82) is 0 Å². The van der Waals surface area contributed by atoms with Gasteiger partial charge < -0.3 is 15.5 Å². The van der Waals surface area contributed by atoms with Crippen molar-refractivity contribution in [2.24, 2.45) is 7.05 Å². The minimum atomic E-state index is -1.18. The van der Waals surface area contributed by atoms with Gasteiger partial charge in [-0.1, -0.05) is 11.6 Å². The summed E-state index contributed by atoms with van der Waals surface area (Å²) in [6.07, 6.45) is -0.0171. The van der Waals surface area contributed by atoms with Gasteiger partial charge in [-0.15, -0.1) is 0 Å². The molecule has 28 heavy (non-hydrogen) atoms. The van der Waals surface area contributed by atoms with Crippen molar-refractivity contribution >= 4 is 56.6 Å². The highest BCUT2D eigenvalue weighted by molar-refractivity contribution is 14.1. The van der Waals surface area contributed by atoms with E-state index >= 15 is 0 Å². The molecule has 0 radical (unpaired) electrons. The third-order valence-corrected chi connectivity index (χ3v) is 5.13. The quantitative estimate of drug-likeness (QED) is 0.441. The van der Waals surface area contributed by atoms with Gasteiger partial charge in [0.05, 0.1) is 37.0 Å². The van der Waals surface area contributed by atoms with Gasteiger partial charge in [0.1, 0.15) is 16.2 Å². The third-order valence-electron chi connectivity index (χ3n) is 4.11. The maximum absolute atomic E-state index is 14.3. The highest BCUT2D eigenvalue weighted by Gasteiger charge is 2.20. The normalized spacial score (nSPS) is 12.4. The van der Waals surface area contributed by atoms with Gasteiger partial charge >= 0.3 is 0 Å². The van der Waals surface area contributed by atoms with Gasteiger partial charge in [-0.25, -0.2) is 9.37 Å². The molecule has 0 fully saturated rings. The van der Waals surface area contributed by atoms with Gasteiger partial charge in [0.2, 0.25) is 0 Å². The SMILES string of the molecule is Cn1c(=O)c(Cl)c(Nc2ccc(I)cc2F)c2c(=O)n(C[C@H](O)CO)cnc21. The van der Waals surface area contributed by atoms with E-state index in [0.717, 1.165) is 15.5 Å². The summed E-state index contributed by atoms with van der Waals surface area (Å²) in [5.41, 5.74) is -1.22. The van der Waals surface area contributed by atoms with Gasteiger partial charge in [0, 0.05) is 10.6 Å². The van der Waals surface area contributed by atoms with Gasteiger partial charge in [0.15, 0.2) is 5.65 Å². The number of pyridine rings is 1. The van der Waals surface area contributed by atoms with Crippen LogP contribution in [0.3, 0.4) is 0 Å². The number of fused-ring (bicyclic) bond motifs is 1. The summed E-state index contributed by atoms with van der Waals surface area (Å²) in [4.78, 5) is 29.5. The molecule has 0 unspecified atom stereocenters. The lowest BCUT2D eigenvalue weighted by molar-refractivity contribution is 0.0802. The Balaban J connectivity index is 2.29. The lowest BCUT2D eigenvalue weighted by Crippen LogP contribution is -2.31. The molecule has 3 rings (SSSR count). The summed E-state index contributed by atoms with van der Waals surface area (Å²) >= 11 is 8.14. The molecule has 2 aromatic heterocycles. The van der Waals surface area contributed by atoms with Gasteiger partial charge in [-0.05, 0) is 40.8 Å². The molecular weight excluding hydrogens is 506 g/mol. The number of anilines is 2. The van der Waals surface area contributed by atoms with E-state index in [0.29, 0.717) is 3.57 Å². The molecule has 0 aliphatic carbocycles. The van der Waals surface area contributed by atoms with Crippen LogP contribution in [0.4, 0.5) is 15.8 Å². The smallest absolute Gasteiger partial charge is 0.272 e. The number of aliphatic hydroxyl groups excluding tert-OH is 2. The molecule has 0 amide bonds. The van der Waals surface area contributed by atoms with Gasteiger partial charge in [-0.2, -0.15) is 0 Å². The first kappa shape index (κ1) is 20.7. The summed E-state index contributed by atoms with van der Waals surface area (Å²) in [5.74, 6) is -0.586. The number of aliphatic hydroxyl groups is 2. The van der Waals surface area contributed by atoms with Gasteiger partial charge in [0.25, 0.3) is 11.1 Å². The summed E-state index contributed by atoms with van der Waals surface area (Å²) in [6.45, 7) is -0.756. The first-order chi connectivity index (χ1) is 13.2. The van der Waals surface area contributed by atoms with E-state index in [2.05, 4.69) is 10.3 Å². The van der Waals surface area contributed by atoms with Crippen molar-refractivity contribution in [1.82, 2.24) is 14.1 Å². The zero-order valence-electron chi connectivity index (χ0n) is 14.5. The predicted molar refractivity (Wildman–Crippen MR) is 112 cm³/mol. The fraction of sp³-hybridized carbons (Fsp3) is 0.235. The molecule has 0 aliphatic rings. The average Bonchev–Trinajstić information content (AvgIpc) is 2.66. The maximum Gasteiger partial charge on any atom is 0.272 e. The van der Waals surface area contributed by atoms with E-state index in [1.54, 1.807) is 6.07 Å².